The summed E-state index contributed by atoms with van der Waals surface area (Å²) in [6, 6.07) is 11.2. The topological polar surface area (TPSA) is 90.9 Å². The molecular formula is C19H21NO6S. The van der Waals surface area contributed by atoms with E-state index in [0.29, 0.717) is 35.8 Å². The maximum Gasteiger partial charge on any atom is 0.337 e. The molecule has 0 radical (unpaired) electrons. The van der Waals surface area contributed by atoms with Crippen molar-refractivity contribution in [2.24, 2.45) is 0 Å². The molecule has 1 heterocycles. The van der Waals surface area contributed by atoms with Crippen LogP contribution in [0, 0.1) is 0 Å². The van der Waals surface area contributed by atoms with Crippen LogP contribution < -0.4 is 14.2 Å². The maximum atomic E-state index is 12.5. The Morgan fingerprint density at radius 3 is 2.44 bits per heavy atom. The van der Waals surface area contributed by atoms with E-state index in [2.05, 4.69) is 9.46 Å². The van der Waals surface area contributed by atoms with E-state index in [1.54, 1.807) is 43.3 Å². The summed E-state index contributed by atoms with van der Waals surface area (Å²) in [5.74, 6) is 0.618. The molecule has 0 fully saturated rings. The van der Waals surface area contributed by atoms with Gasteiger partial charge in [0.25, 0.3) is 0 Å². The fourth-order valence-electron chi connectivity index (χ4n) is 2.78. The molecule has 7 nitrogen and oxygen atoms in total. The Morgan fingerprint density at radius 2 is 1.78 bits per heavy atom. The third-order valence-electron chi connectivity index (χ3n) is 4.15. The Kier molecular flexibility index (Phi) is 5.67. The number of methoxy groups -OCH3 is 1. The van der Waals surface area contributed by atoms with Crippen LogP contribution in [0.15, 0.2) is 42.5 Å². The zero-order valence-corrected chi connectivity index (χ0v) is 15.9. The number of carbonyl (C=O) groups is 1. The molecule has 0 spiro atoms. The first-order valence-corrected chi connectivity index (χ1v) is 10.1. The van der Waals surface area contributed by atoms with Crippen LogP contribution in [0.1, 0.15) is 34.5 Å². The summed E-state index contributed by atoms with van der Waals surface area (Å²) >= 11 is 0. The zero-order valence-electron chi connectivity index (χ0n) is 15.1. The summed E-state index contributed by atoms with van der Waals surface area (Å²) in [5, 5.41) is 0. The number of carbonyl (C=O) groups excluding carboxylic acids is 1. The second-order valence-electron chi connectivity index (χ2n) is 6.19. The van der Waals surface area contributed by atoms with E-state index in [1.165, 1.54) is 7.11 Å². The van der Waals surface area contributed by atoms with Gasteiger partial charge < -0.3 is 14.2 Å². The van der Waals surface area contributed by atoms with Crippen molar-refractivity contribution in [3.05, 3.63) is 59.2 Å². The maximum absolute atomic E-state index is 12.5. The average molecular weight is 391 g/mol. The minimum Gasteiger partial charge on any atom is -0.486 e. The Hall–Kier alpha value is -2.58. The van der Waals surface area contributed by atoms with Gasteiger partial charge in [0.05, 0.1) is 18.4 Å². The van der Waals surface area contributed by atoms with Gasteiger partial charge in [-0.25, -0.2) is 17.9 Å². The summed E-state index contributed by atoms with van der Waals surface area (Å²) in [6.07, 6.45) is 0. The van der Waals surface area contributed by atoms with Gasteiger partial charge in [0, 0.05) is 6.04 Å². The molecule has 0 unspecified atom stereocenters. The van der Waals surface area contributed by atoms with Gasteiger partial charge in [0.1, 0.15) is 13.2 Å². The number of esters is 1. The predicted molar refractivity (Wildman–Crippen MR) is 99.4 cm³/mol. The van der Waals surface area contributed by atoms with Crippen molar-refractivity contribution < 1.29 is 27.4 Å². The van der Waals surface area contributed by atoms with E-state index in [9.17, 15) is 13.2 Å². The lowest BCUT2D eigenvalue weighted by molar-refractivity contribution is 0.0600. The third-order valence-corrected chi connectivity index (χ3v) is 5.58. The Balaban J connectivity index is 1.67. The van der Waals surface area contributed by atoms with Gasteiger partial charge in [-0.3, -0.25) is 0 Å². The van der Waals surface area contributed by atoms with Crippen molar-refractivity contribution in [2.45, 2.75) is 18.7 Å². The smallest absolute Gasteiger partial charge is 0.337 e. The highest BCUT2D eigenvalue weighted by molar-refractivity contribution is 7.88. The average Bonchev–Trinajstić information content (AvgIpc) is 2.66. The van der Waals surface area contributed by atoms with Crippen molar-refractivity contribution in [1.82, 2.24) is 4.72 Å². The number of hydrogen-bond acceptors (Lipinski definition) is 6. The van der Waals surface area contributed by atoms with E-state index in [4.69, 9.17) is 9.47 Å². The van der Waals surface area contributed by atoms with Gasteiger partial charge in [-0.15, -0.1) is 0 Å². The standard InChI is InChI=1S/C19H21NO6S/c1-13(16-7-8-17-18(11-16)26-10-9-25-17)20-27(22,23)12-14-3-5-15(6-4-14)19(21)24-2/h3-8,11,13,20H,9-10,12H2,1-2H3/t13-/m0/s1. The van der Waals surface area contributed by atoms with Crippen molar-refractivity contribution in [1.29, 1.82) is 0 Å². The van der Waals surface area contributed by atoms with Crippen LogP contribution in [0.4, 0.5) is 0 Å². The van der Waals surface area contributed by atoms with Gasteiger partial charge in [0.15, 0.2) is 11.5 Å². The van der Waals surface area contributed by atoms with Crippen LogP contribution in [0.5, 0.6) is 11.5 Å². The zero-order chi connectivity index (χ0) is 19.4. The molecular weight excluding hydrogens is 370 g/mol. The van der Waals surface area contributed by atoms with E-state index in [1.807, 2.05) is 6.07 Å². The number of rotatable bonds is 6. The van der Waals surface area contributed by atoms with E-state index >= 15 is 0 Å². The molecule has 0 aliphatic carbocycles. The number of ether oxygens (including phenoxy) is 3. The second-order valence-corrected chi connectivity index (χ2v) is 7.94. The van der Waals surface area contributed by atoms with Crippen molar-refractivity contribution >= 4 is 16.0 Å². The quantitative estimate of drug-likeness (QED) is 0.761. The summed E-state index contributed by atoms with van der Waals surface area (Å²) < 4.78 is 43.3. The fourth-order valence-corrected chi connectivity index (χ4v) is 4.17. The van der Waals surface area contributed by atoms with Crippen LogP contribution in [-0.2, 0) is 20.5 Å². The van der Waals surface area contributed by atoms with Crippen LogP contribution in [0.25, 0.3) is 0 Å². The van der Waals surface area contributed by atoms with Crippen LogP contribution >= 0.6 is 0 Å². The highest BCUT2D eigenvalue weighted by Gasteiger charge is 2.19. The molecule has 1 atom stereocenters. The van der Waals surface area contributed by atoms with Crippen LogP contribution in [-0.4, -0.2) is 34.7 Å². The Labute approximate surface area is 158 Å². The summed E-state index contributed by atoms with van der Waals surface area (Å²) in [7, 11) is -2.28. The molecule has 3 rings (SSSR count). The number of benzene rings is 2. The third kappa shape index (κ3) is 4.78. The molecule has 0 saturated carbocycles. The molecule has 0 saturated heterocycles. The summed E-state index contributed by atoms with van der Waals surface area (Å²) in [6.45, 7) is 2.74. The first-order valence-electron chi connectivity index (χ1n) is 8.45. The first-order chi connectivity index (χ1) is 12.9. The highest BCUT2D eigenvalue weighted by Crippen LogP contribution is 2.32. The minimum atomic E-state index is -3.58. The lowest BCUT2D eigenvalue weighted by Crippen LogP contribution is -2.28. The van der Waals surface area contributed by atoms with E-state index in [0.717, 1.165) is 5.56 Å². The fraction of sp³-hybridized carbons (Fsp3) is 0.316. The van der Waals surface area contributed by atoms with E-state index < -0.39 is 22.0 Å². The number of hydrogen-bond donors (Lipinski definition) is 1. The molecule has 8 heteroatoms. The number of fused-ring (bicyclic) bond motifs is 1. The summed E-state index contributed by atoms with van der Waals surface area (Å²) in [4.78, 5) is 11.4. The van der Waals surface area contributed by atoms with Gasteiger partial charge in [0.2, 0.25) is 10.0 Å². The molecule has 2 aromatic carbocycles. The Bertz CT molecular complexity index is 924. The molecule has 0 bridgehead atoms. The Morgan fingerprint density at radius 1 is 1.11 bits per heavy atom. The lowest BCUT2D eigenvalue weighted by Gasteiger charge is -2.21. The van der Waals surface area contributed by atoms with Crippen molar-refractivity contribution in [3.8, 4) is 11.5 Å². The molecule has 27 heavy (non-hydrogen) atoms. The summed E-state index contributed by atoms with van der Waals surface area (Å²) in [5.41, 5.74) is 1.73. The van der Waals surface area contributed by atoms with Gasteiger partial charge in [-0.05, 0) is 42.3 Å². The molecule has 144 valence electrons. The largest absolute Gasteiger partial charge is 0.486 e. The second kappa shape index (κ2) is 7.98. The van der Waals surface area contributed by atoms with Crippen molar-refractivity contribution in [2.75, 3.05) is 20.3 Å². The molecule has 1 aliphatic rings. The highest BCUT2D eigenvalue weighted by atomic mass is 32.2. The monoisotopic (exact) mass is 391 g/mol. The molecule has 0 amide bonds. The van der Waals surface area contributed by atoms with Gasteiger partial charge in [-0.2, -0.15) is 0 Å². The normalized spacial score (nSPS) is 14.4. The van der Waals surface area contributed by atoms with Crippen LogP contribution in [0.2, 0.25) is 0 Å². The predicted octanol–water partition coefficient (Wildman–Crippen LogP) is 2.43. The molecule has 1 N–H and O–H groups in total. The van der Waals surface area contributed by atoms with Gasteiger partial charge >= 0.3 is 5.97 Å². The number of sulfonamides is 1. The SMILES string of the molecule is COC(=O)c1ccc(CS(=O)(=O)N[C@@H](C)c2ccc3c(c2)OCCO3)cc1. The number of nitrogens with one attached hydrogen (secondary N) is 1. The molecule has 1 aliphatic heterocycles. The first kappa shape index (κ1) is 19.2. The molecule has 2 aromatic rings. The van der Waals surface area contributed by atoms with Crippen molar-refractivity contribution in [3.63, 3.8) is 0 Å². The molecule has 0 aromatic heterocycles. The van der Waals surface area contributed by atoms with Gasteiger partial charge in [-0.1, -0.05) is 18.2 Å². The van der Waals surface area contributed by atoms with E-state index in [-0.39, 0.29) is 5.75 Å². The lowest BCUT2D eigenvalue weighted by atomic mass is 10.1. The van der Waals surface area contributed by atoms with Crippen LogP contribution in [0.3, 0.4) is 0 Å². The minimum absolute atomic E-state index is 0.191.